The van der Waals surface area contributed by atoms with E-state index in [2.05, 4.69) is 10.4 Å². The fourth-order valence-corrected chi connectivity index (χ4v) is 3.18. The largest absolute Gasteiger partial charge is 0.423 e. The van der Waals surface area contributed by atoms with Crippen LogP contribution in [0.25, 0.3) is 22.3 Å². The summed E-state index contributed by atoms with van der Waals surface area (Å²) in [6.45, 7) is 4.04. The van der Waals surface area contributed by atoms with Gasteiger partial charge in [-0.15, -0.1) is 0 Å². The lowest BCUT2D eigenvalue weighted by Gasteiger charge is -2.09. The highest BCUT2D eigenvalue weighted by Crippen LogP contribution is 2.26. The van der Waals surface area contributed by atoms with Gasteiger partial charge in [-0.3, -0.25) is 4.79 Å². The highest BCUT2D eigenvalue weighted by molar-refractivity contribution is 6.04. The van der Waals surface area contributed by atoms with E-state index in [1.807, 2.05) is 37.3 Å². The second kappa shape index (κ2) is 8.16. The maximum absolute atomic E-state index is 13.0. The molecule has 2 aromatic heterocycles. The average molecular weight is 400 g/mol. The average Bonchev–Trinajstić information content (AvgIpc) is 3.17. The van der Waals surface area contributed by atoms with Gasteiger partial charge in [0.25, 0.3) is 0 Å². The number of benzene rings is 2. The van der Waals surface area contributed by atoms with E-state index in [1.165, 1.54) is 6.92 Å². The summed E-state index contributed by atoms with van der Waals surface area (Å²) in [5.41, 5.74) is 3.23. The number of anilines is 1. The first-order valence-corrected chi connectivity index (χ1v) is 9.57. The molecule has 2 aromatic carbocycles. The van der Waals surface area contributed by atoms with Crippen molar-refractivity contribution in [2.24, 2.45) is 0 Å². The van der Waals surface area contributed by atoms with Crippen LogP contribution in [0, 0.1) is 0 Å². The Kier molecular flexibility index (Phi) is 5.26. The number of aryl methyl sites for hydroxylation is 1. The minimum Gasteiger partial charge on any atom is -0.423 e. The Labute approximate surface area is 173 Å². The van der Waals surface area contributed by atoms with Gasteiger partial charge < -0.3 is 10.1 Å². The molecule has 0 fully saturated rings. The molecule has 0 bridgehead atoms. The number of aromatic nitrogens is 3. The third kappa shape index (κ3) is 3.91. The lowest BCUT2D eigenvalue weighted by atomic mass is 10.1. The van der Waals surface area contributed by atoms with E-state index >= 15 is 0 Å². The number of esters is 1. The van der Waals surface area contributed by atoms with Gasteiger partial charge in [0.15, 0.2) is 5.65 Å². The van der Waals surface area contributed by atoms with E-state index in [0.29, 0.717) is 40.3 Å². The van der Waals surface area contributed by atoms with Crippen molar-refractivity contribution in [2.45, 2.75) is 20.4 Å². The summed E-state index contributed by atoms with van der Waals surface area (Å²) >= 11 is 0. The normalized spacial score (nSPS) is 10.7. The number of carbonyl (C=O) groups is 2. The summed E-state index contributed by atoms with van der Waals surface area (Å²) in [4.78, 5) is 28.9. The summed E-state index contributed by atoms with van der Waals surface area (Å²) < 4.78 is 7.34. The van der Waals surface area contributed by atoms with Gasteiger partial charge in [-0.25, -0.2) is 14.5 Å². The molecule has 0 radical (unpaired) electrons. The molecule has 1 N–H and O–H groups in total. The summed E-state index contributed by atoms with van der Waals surface area (Å²) in [6, 6.07) is 18.0. The molecule has 2 heterocycles. The molecule has 7 nitrogen and oxygen atoms in total. The van der Waals surface area contributed by atoms with Gasteiger partial charge in [0.05, 0.1) is 22.8 Å². The number of hydrogen-bond acceptors (Lipinski definition) is 5. The Bertz CT molecular complexity index is 1210. The molecular weight excluding hydrogens is 380 g/mol. The highest BCUT2D eigenvalue weighted by Gasteiger charge is 2.19. The monoisotopic (exact) mass is 400 g/mol. The molecule has 4 aromatic rings. The van der Waals surface area contributed by atoms with E-state index in [1.54, 1.807) is 41.2 Å². The van der Waals surface area contributed by atoms with Gasteiger partial charge in [-0.05, 0) is 37.3 Å². The second-order valence-electron chi connectivity index (χ2n) is 6.71. The van der Waals surface area contributed by atoms with Gasteiger partial charge >= 0.3 is 5.97 Å². The van der Waals surface area contributed by atoms with E-state index in [4.69, 9.17) is 9.72 Å². The molecule has 0 saturated carbocycles. The van der Waals surface area contributed by atoms with E-state index in [9.17, 15) is 9.59 Å². The van der Waals surface area contributed by atoms with Crippen LogP contribution in [0.5, 0.6) is 5.75 Å². The van der Waals surface area contributed by atoms with Crippen LogP contribution in [0.15, 0.2) is 66.9 Å². The number of hydrogen-bond donors (Lipinski definition) is 1. The van der Waals surface area contributed by atoms with Crippen molar-refractivity contribution in [3.05, 3.63) is 72.4 Å². The Morgan fingerprint density at radius 2 is 1.80 bits per heavy atom. The van der Waals surface area contributed by atoms with Crippen molar-refractivity contribution in [2.75, 3.05) is 5.32 Å². The lowest BCUT2D eigenvalue weighted by molar-refractivity contribution is -0.114. The zero-order chi connectivity index (χ0) is 21.1. The summed E-state index contributed by atoms with van der Waals surface area (Å²) in [7, 11) is 0. The molecule has 0 unspecified atom stereocenters. The third-order valence-electron chi connectivity index (χ3n) is 4.58. The molecule has 0 aliphatic rings. The maximum atomic E-state index is 13.0. The quantitative estimate of drug-likeness (QED) is 0.399. The maximum Gasteiger partial charge on any atom is 0.344 e. The van der Waals surface area contributed by atoms with Crippen molar-refractivity contribution < 1.29 is 14.3 Å². The van der Waals surface area contributed by atoms with E-state index < -0.39 is 5.97 Å². The van der Waals surface area contributed by atoms with Gasteiger partial charge in [-0.1, -0.05) is 30.3 Å². The standard InChI is InChI=1S/C23H20N4O3/c1-3-27-22-20(14-24-27)19(13-21(26-22)16-7-5-4-6-8-16)23(29)30-18-11-9-17(10-12-18)25-15(2)28/h4-14H,3H2,1-2H3,(H,25,28). The summed E-state index contributed by atoms with van der Waals surface area (Å²) in [6.07, 6.45) is 1.64. The predicted octanol–water partition coefficient (Wildman–Crippen LogP) is 4.30. The van der Waals surface area contributed by atoms with Crippen LogP contribution < -0.4 is 10.1 Å². The minimum atomic E-state index is -0.498. The van der Waals surface area contributed by atoms with Crippen molar-refractivity contribution >= 4 is 28.6 Å². The summed E-state index contributed by atoms with van der Waals surface area (Å²) in [5, 5.41) is 7.66. The molecule has 0 aliphatic heterocycles. The van der Waals surface area contributed by atoms with Crippen LogP contribution >= 0.6 is 0 Å². The van der Waals surface area contributed by atoms with Crippen molar-refractivity contribution in [3.63, 3.8) is 0 Å². The molecule has 0 aliphatic carbocycles. The van der Waals surface area contributed by atoms with E-state index in [-0.39, 0.29) is 5.91 Å². The van der Waals surface area contributed by atoms with Gasteiger partial charge in [0.1, 0.15) is 5.75 Å². The van der Waals surface area contributed by atoms with Crippen molar-refractivity contribution in [3.8, 4) is 17.0 Å². The molecule has 1 amide bonds. The number of ether oxygens (including phenoxy) is 1. The second-order valence-corrected chi connectivity index (χ2v) is 6.71. The number of nitrogens with zero attached hydrogens (tertiary/aromatic N) is 3. The number of nitrogens with one attached hydrogen (secondary N) is 1. The Hall–Kier alpha value is -4.00. The van der Waals surface area contributed by atoms with Gasteiger partial charge in [0, 0.05) is 24.7 Å². The smallest absolute Gasteiger partial charge is 0.344 e. The molecule has 0 saturated heterocycles. The zero-order valence-electron chi connectivity index (χ0n) is 16.6. The number of amides is 1. The van der Waals surface area contributed by atoms with Crippen LogP contribution in [0.4, 0.5) is 5.69 Å². The van der Waals surface area contributed by atoms with Gasteiger partial charge in [-0.2, -0.15) is 5.10 Å². The van der Waals surface area contributed by atoms with Crippen LogP contribution in [0.1, 0.15) is 24.2 Å². The van der Waals surface area contributed by atoms with Crippen molar-refractivity contribution in [1.29, 1.82) is 0 Å². The number of pyridine rings is 1. The fraction of sp³-hybridized carbons (Fsp3) is 0.130. The number of carbonyl (C=O) groups excluding carboxylic acids is 2. The fourth-order valence-electron chi connectivity index (χ4n) is 3.18. The number of fused-ring (bicyclic) bond motifs is 1. The molecule has 7 heteroatoms. The third-order valence-corrected chi connectivity index (χ3v) is 4.58. The van der Waals surface area contributed by atoms with Crippen molar-refractivity contribution in [1.82, 2.24) is 14.8 Å². The first kappa shape index (κ1) is 19.3. The Morgan fingerprint density at radius 3 is 2.47 bits per heavy atom. The summed E-state index contributed by atoms with van der Waals surface area (Å²) in [5.74, 6) is -0.286. The lowest BCUT2D eigenvalue weighted by Crippen LogP contribution is -2.10. The Balaban J connectivity index is 1.71. The molecule has 0 spiro atoms. The van der Waals surface area contributed by atoms with E-state index in [0.717, 1.165) is 5.56 Å². The SMILES string of the molecule is CCn1ncc2c(C(=O)Oc3ccc(NC(C)=O)cc3)cc(-c3ccccc3)nc21. The number of rotatable bonds is 5. The molecule has 30 heavy (non-hydrogen) atoms. The predicted molar refractivity (Wildman–Crippen MR) is 114 cm³/mol. The van der Waals surface area contributed by atoms with Crippen LogP contribution in [0.2, 0.25) is 0 Å². The topological polar surface area (TPSA) is 86.1 Å². The van der Waals surface area contributed by atoms with Crippen LogP contribution in [0.3, 0.4) is 0 Å². The minimum absolute atomic E-state index is 0.166. The van der Waals surface area contributed by atoms with Crippen LogP contribution in [-0.4, -0.2) is 26.6 Å². The van der Waals surface area contributed by atoms with Gasteiger partial charge in [0.2, 0.25) is 5.91 Å². The molecule has 0 atom stereocenters. The first-order chi connectivity index (χ1) is 14.5. The molecular formula is C23H20N4O3. The Morgan fingerprint density at radius 1 is 1.07 bits per heavy atom. The highest BCUT2D eigenvalue weighted by atomic mass is 16.5. The zero-order valence-corrected chi connectivity index (χ0v) is 16.6. The first-order valence-electron chi connectivity index (χ1n) is 9.57. The molecule has 4 rings (SSSR count). The van der Waals surface area contributed by atoms with Crippen LogP contribution in [-0.2, 0) is 11.3 Å². The molecule has 150 valence electrons.